The lowest BCUT2D eigenvalue weighted by atomic mass is 10.0. The van der Waals surface area contributed by atoms with Crippen molar-refractivity contribution in [2.45, 2.75) is 39.5 Å². The van der Waals surface area contributed by atoms with Crippen LogP contribution in [0.4, 0.5) is 8.78 Å². The maximum absolute atomic E-state index is 12.1. The minimum absolute atomic E-state index is 0.151. The predicted molar refractivity (Wildman–Crippen MR) is 81.8 cm³/mol. The highest BCUT2D eigenvalue weighted by atomic mass is 19.3. The minimum Gasteiger partial charge on any atom is -0.435 e. The van der Waals surface area contributed by atoms with Gasteiger partial charge in [0, 0.05) is 18.6 Å². The summed E-state index contributed by atoms with van der Waals surface area (Å²) < 4.78 is 28.6. The molecule has 2 unspecified atom stereocenters. The number of halogens is 2. The summed E-state index contributed by atoms with van der Waals surface area (Å²) in [5.74, 6) is 0.700. The molecule has 0 spiro atoms. The standard InChI is InChI=1S/C16H26F2N2O/c1-11(2)15(10-20(4)5)19-12(3)13-6-8-14(9-7-13)21-16(17)18/h6-9,11-12,15-16,19H,10H2,1-5H3. The average molecular weight is 300 g/mol. The van der Waals surface area contributed by atoms with Crippen molar-refractivity contribution in [2.24, 2.45) is 5.92 Å². The van der Waals surface area contributed by atoms with Gasteiger partial charge in [-0.1, -0.05) is 26.0 Å². The van der Waals surface area contributed by atoms with Crippen LogP contribution < -0.4 is 10.1 Å². The first-order valence-corrected chi connectivity index (χ1v) is 7.25. The number of benzene rings is 1. The number of ether oxygens (including phenoxy) is 1. The van der Waals surface area contributed by atoms with E-state index in [-0.39, 0.29) is 11.8 Å². The van der Waals surface area contributed by atoms with E-state index in [0.717, 1.165) is 12.1 Å². The Morgan fingerprint density at radius 1 is 1.10 bits per heavy atom. The first-order chi connectivity index (χ1) is 9.79. The van der Waals surface area contributed by atoms with E-state index in [2.05, 4.69) is 49.8 Å². The summed E-state index contributed by atoms with van der Waals surface area (Å²) in [6, 6.07) is 7.32. The number of likely N-dealkylation sites (N-methyl/N-ethyl adjacent to an activating group) is 1. The van der Waals surface area contributed by atoms with E-state index in [9.17, 15) is 8.78 Å². The van der Waals surface area contributed by atoms with Crippen LogP contribution in [0.5, 0.6) is 5.75 Å². The Bertz CT molecular complexity index is 407. The van der Waals surface area contributed by atoms with E-state index < -0.39 is 6.61 Å². The molecule has 0 fully saturated rings. The quantitative estimate of drug-likeness (QED) is 0.795. The number of hydrogen-bond donors (Lipinski definition) is 1. The minimum atomic E-state index is -2.78. The van der Waals surface area contributed by atoms with Crippen molar-refractivity contribution >= 4 is 0 Å². The lowest BCUT2D eigenvalue weighted by Crippen LogP contribution is -2.43. The van der Waals surface area contributed by atoms with Crippen LogP contribution in [0.25, 0.3) is 0 Å². The lowest BCUT2D eigenvalue weighted by molar-refractivity contribution is -0.0498. The highest BCUT2D eigenvalue weighted by Gasteiger charge is 2.17. The molecule has 0 saturated heterocycles. The summed E-state index contributed by atoms with van der Waals surface area (Å²) in [6.07, 6.45) is 0. The van der Waals surface area contributed by atoms with Crippen LogP contribution in [0.15, 0.2) is 24.3 Å². The molecule has 0 aliphatic rings. The van der Waals surface area contributed by atoms with Crippen LogP contribution in [0.1, 0.15) is 32.4 Å². The SMILES string of the molecule is CC(NC(CN(C)C)C(C)C)c1ccc(OC(F)F)cc1. The second-order valence-electron chi connectivity index (χ2n) is 5.95. The van der Waals surface area contributed by atoms with Gasteiger partial charge < -0.3 is 15.0 Å². The van der Waals surface area contributed by atoms with Gasteiger partial charge in [-0.05, 0) is 44.6 Å². The van der Waals surface area contributed by atoms with Gasteiger partial charge in [-0.15, -0.1) is 0 Å². The molecular weight excluding hydrogens is 274 g/mol. The number of alkyl halides is 2. The first-order valence-electron chi connectivity index (χ1n) is 7.25. The molecule has 0 bridgehead atoms. The zero-order valence-corrected chi connectivity index (χ0v) is 13.4. The van der Waals surface area contributed by atoms with Gasteiger partial charge in [0.2, 0.25) is 0 Å². The zero-order valence-electron chi connectivity index (χ0n) is 13.4. The number of nitrogens with one attached hydrogen (secondary N) is 1. The average Bonchev–Trinajstić information content (AvgIpc) is 2.37. The Kier molecular flexibility index (Phi) is 7.05. The van der Waals surface area contributed by atoms with Crippen LogP contribution in [0.3, 0.4) is 0 Å². The summed E-state index contributed by atoms with van der Waals surface area (Å²) in [7, 11) is 4.11. The molecule has 5 heteroatoms. The van der Waals surface area contributed by atoms with Crippen LogP contribution in [0, 0.1) is 5.92 Å². The Hall–Kier alpha value is -1.20. The second-order valence-corrected chi connectivity index (χ2v) is 5.95. The van der Waals surface area contributed by atoms with Gasteiger partial charge in [0.1, 0.15) is 5.75 Å². The van der Waals surface area contributed by atoms with Crippen molar-refractivity contribution in [3.05, 3.63) is 29.8 Å². The van der Waals surface area contributed by atoms with Crippen molar-refractivity contribution < 1.29 is 13.5 Å². The van der Waals surface area contributed by atoms with E-state index in [1.54, 1.807) is 12.1 Å². The Morgan fingerprint density at radius 2 is 1.67 bits per heavy atom. The highest BCUT2D eigenvalue weighted by molar-refractivity contribution is 5.29. The molecule has 0 radical (unpaired) electrons. The van der Waals surface area contributed by atoms with Crippen LogP contribution >= 0.6 is 0 Å². The fourth-order valence-corrected chi connectivity index (χ4v) is 2.20. The van der Waals surface area contributed by atoms with Gasteiger partial charge in [-0.2, -0.15) is 8.78 Å². The molecule has 1 N–H and O–H groups in total. The largest absolute Gasteiger partial charge is 0.435 e. The first kappa shape index (κ1) is 17.9. The summed E-state index contributed by atoms with van der Waals surface area (Å²) in [6.45, 7) is 4.63. The Morgan fingerprint density at radius 3 is 2.10 bits per heavy atom. The van der Waals surface area contributed by atoms with Crippen molar-refractivity contribution in [2.75, 3.05) is 20.6 Å². The smallest absolute Gasteiger partial charge is 0.387 e. The Balaban J connectivity index is 2.66. The third-order valence-electron chi connectivity index (χ3n) is 3.44. The van der Waals surface area contributed by atoms with Crippen LogP contribution in [0.2, 0.25) is 0 Å². The summed E-state index contributed by atoms with van der Waals surface area (Å²) in [5.41, 5.74) is 1.06. The predicted octanol–water partition coefficient (Wildman–Crippen LogP) is 3.52. The van der Waals surface area contributed by atoms with Gasteiger partial charge in [0.25, 0.3) is 0 Å². The van der Waals surface area contributed by atoms with E-state index in [4.69, 9.17) is 0 Å². The molecule has 1 rings (SSSR count). The summed E-state index contributed by atoms with van der Waals surface area (Å²) >= 11 is 0. The molecule has 1 aromatic carbocycles. The summed E-state index contributed by atoms with van der Waals surface area (Å²) in [4.78, 5) is 2.16. The molecule has 120 valence electrons. The van der Waals surface area contributed by atoms with E-state index in [1.807, 2.05) is 12.1 Å². The summed E-state index contributed by atoms with van der Waals surface area (Å²) in [5, 5.41) is 3.59. The van der Waals surface area contributed by atoms with Crippen LogP contribution in [-0.2, 0) is 0 Å². The highest BCUT2D eigenvalue weighted by Crippen LogP contribution is 2.20. The molecular formula is C16H26F2N2O. The maximum Gasteiger partial charge on any atom is 0.387 e. The molecule has 0 aliphatic heterocycles. The zero-order chi connectivity index (χ0) is 16.0. The third-order valence-corrected chi connectivity index (χ3v) is 3.44. The Labute approximate surface area is 126 Å². The maximum atomic E-state index is 12.1. The van der Waals surface area contributed by atoms with Crippen LogP contribution in [-0.4, -0.2) is 38.2 Å². The monoisotopic (exact) mass is 300 g/mol. The molecule has 0 saturated carbocycles. The van der Waals surface area contributed by atoms with Gasteiger partial charge in [-0.3, -0.25) is 0 Å². The number of rotatable bonds is 8. The van der Waals surface area contributed by atoms with E-state index >= 15 is 0 Å². The lowest BCUT2D eigenvalue weighted by Gasteiger charge is -2.29. The fraction of sp³-hybridized carbons (Fsp3) is 0.625. The number of nitrogens with zero attached hydrogens (tertiary/aromatic N) is 1. The number of hydrogen-bond acceptors (Lipinski definition) is 3. The van der Waals surface area contributed by atoms with Crippen molar-refractivity contribution in [3.63, 3.8) is 0 Å². The van der Waals surface area contributed by atoms with Gasteiger partial charge in [0.05, 0.1) is 0 Å². The van der Waals surface area contributed by atoms with Gasteiger partial charge in [0.15, 0.2) is 0 Å². The van der Waals surface area contributed by atoms with E-state index in [1.165, 1.54) is 0 Å². The molecule has 21 heavy (non-hydrogen) atoms. The molecule has 0 aliphatic carbocycles. The fourth-order valence-electron chi connectivity index (χ4n) is 2.20. The van der Waals surface area contributed by atoms with E-state index in [0.29, 0.717) is 12.0 Å². The topological polar surface area (TPSA) is 24.5 Å². The molecule has 0 aromatic heterocycles. The van der Waals surface area contributed by atoms with Crippen molar-refractivity contribution in [1.82, 2.24) is 10.2 Å². The second kappa shape index (κ2) is 8.29. The van der Waals surface area contributed by atoms with Gasteiger partial charge in [-0.25, -0.2) is 0 Å². The van der Waals surface area contributed by atoms with Crippen molar-refractivity contribution in [3.8, 4) is 5.75 Å². The molecule has 0 amide bonds. The molecule has 0 heterocycles. The van der Waals surface area contributed by atoms with Crippen molar-refractivity contribution in [1.29, 1.82) is 0 Å². The molecule has 2 atom stereocenters. The third kappa shape index (κ3) is 6.40. The molecule has 1 aromatic rings. The molecule has 3 nitrogen and oxygen atoms in total. The normalized spacial score (nSPS) is 14.8. The van der Waals surface area contributed by atoms with Gasteiger partial charge >= 0.3 is 6.61 Å².